The lowest BCUT2D eigenvalue weighted by atomic mass is 10.1. The van der Waals surface area contributed by atoms with Crippen molar-refractivity contribution in [1.82, 2.24) is 15.1 Å². The minimum absolute atomic E-state index is 0.0854. The molecule has 0 aromatic carbocycles. The first-order valence-corrected chi connectivity index (χ1v) is 7.19. The summed E-state index contributed by atoms with van der Waals surface area (Å²) < 4.78 is 0. The summed E-state index contributed by atoms with van der Waals surface area (Å²) in [5, 5.41) is 16.9. The van der Waals surface area contributed by atoms with Gasteiger partial charge in [0.1, 0.15) is 0 Å². The Balaban J connectivity index is 1.81. The van der Waals surface area contributed by atoms with Gasteiger partial charge in [0.15, 0.2) is 0 Å². The Morgan fingerprint density at radius 1 is 1.32 bits per heavy atom. The average molecular weight is 263 g/mol. The van der Waals surface area contributed by atoms with E-state index in [9.17, 15) is 9.90 Å². The molecule has 2 N–H and O–H groups in total. The second-order valence-electron chi connectivity index (χ2n) is 5.76. The molecule has 1 saturated heterocycles. The lowest BCUT2D eigenvalue weighted by Crippen LogP contribution is -2.33. The summed E-state index contributed by atoms with van der Waals surface area (Å²) in [6.45, 7) is 3.30. The van der Waals surface area contributed by atoms with Crippen LogP contribution in [0.15, 0.2) is 0 Å². The molecule has 1 saturated carbocycles. The monoisotopic (exact) mass is 263 g/mol. The van der Waals surface area contributed by atoms with Crippen LogP contribution in [-0.2, 0) is 0 Å². The van der Waals surface area contributed by atoms with Gasteiger partial charge in [-0.1, -0.05) is 0 Å². The number of aliphatic hydroxyl groups excluding tert-OH is 1. The van der Waals surface area contributed by atoms with E-state index in [0.29, 0.717) is 18.9 Å². The molecule has 2 fully saturated rings. The smallest absolute Gasteiger partial charge is 0.257 e. The fraction of sp³-hybridized carbons (Fsp3) is 0.714. The van der Waals surface area contributed by atoms with Crippen molar-refractivity contribution < 1.29 is 9.90 Å². The Morgan fingerprint density at radius 3 is 2.84 bits per heavy atom. The van der Waals surface area contributed by atoms with Gasteiger partial charge in [-0.15, -0.1) is 0 Å². The standard InChI is InChI=1S/C14H21N3O2/c1-9-12(13(16-15-9)10-4-5-10)14(19)17-7-2-3-11(18)6-8-17/h10-11,18H,2-8H2,1H3,(H,15,16)/t11-/m1/s1. The molecule has 1 aliphatic carbocycles. The number of nitrogens with one attached hydrogen (secondary N) is 1. The van der Waals surface area contributed by atoms with Gasteiger partial charge in [0.2, 0.25) is 0 Å². The van der Waals surface area contributed by atoms with Crippen molar-refractivity contribution in [1.29, 1.82) is 0 Å². The molecule has 0 bridgehead atoms. The van der Waals surface area contributed by atoms with E-state index < -0.39 is 0 Å². The molecule has 5 heteroatoms. The Hall–Kier alpha value is -1.36. The Kier molecular flexibility index (Phi) is 3.31. The van der Waals surface area contributed by atoms with Gasteiger partial charge in [-0.05, 0) is 39.0 Å². The second-order valence-corrected chi connectivity index (χ2v) is 5.76. The van der Waals surface area contributed by atoms with Crippen LogP contribution in [0.4, 0.5) is 0 Å². The lowest BCUT2D eigenvalue weighted by Gasteiger charge is -2.20. The summed E-state index contributed by atoms with van der Waals surface area (Å²) in [6.07, 6.45) is 4.38. The number of aromatic nitrogens is 2. The number of aliphatic hydroxyl groups is 1. The molecule has 5 nitrogen and oxygen atoms in total. The first kappa shape index (κ1) is 12.7. The number of carbonyl (C=O) groups excluding carboxylic acids is 1. The summed E-state index contributed by atoms with van der Waals surface area (Å²) in [4.78, 5) is 14.6. The van der Waals surface area contributed by atoms with Crippen LogP contribution >= 0.6 is 0 Å². The minimum atomic E-state index is -0.258. The van der Waals surface area contributed by atoms with Gasteiger partial charge in [-0.2, -0.15) is 5.10 Å². The quantitative estimate of drug-likeness (QED) is 0.851. The molecule has 1 aliphatic heterocycles. The van der Waals surface area contributed by atoms with Crippen molar-refractivity contribution in [2.45, 2.75) is 51.0 Å². The van der Waals surface area contributed by atoms with Crippen molar-refractivity contribution in [3.05, 3.63) is 17.0 Å². The maximum Gasteiger partial charge on any atom is 0.257 e. The van der Waals surface area contributed by atoms with E-state index in [4.69, 9.17) is 0 Å². The van der Waals surface area contributed by atoms with Crippen molar-refractivity contribution in [2.75, 3.05) is 13.1 Å². The molecule has 104 valence electrons. The minimum Gasteiger partial charge on any atom is -0.393 e. The molecular formula is C14H21N3O2. The first-order chi connectivity index (χ1) is 9.16. The van der Waals surface area contributed by atoms with Crippen LogP contribution in [0.25, 0.3) is 0 Å². The number of aromatic amines is 1. The van der Waals surface area contributed by atoms with E-state index in [1.807, 2.05) is 11.8 Å². The van der Waals surface area contributed by atoms with Crippen LogP contribution in [0, 0.1) is 6.92 Å². The highest BCUT2D eigenvalue weighted by Crippen LogP contribution is 2.41. The third-order valence-electron chi connectivity index (χ3n) is 4.14. The van der Waals surface area contributed by atoms with E-state index in [1.54, 1.807) is 0 Å². The number of rotatable bonds is 2. The molecule has 1 atom stereocenters. The average Bonchev–Trinajstić information content (AvgIpc) is 3.17. The van der Waals surface area contributed by atoms with Crippen LogP contribution in [0.3, 0.4) is 0 Å². The molecule has 2 heterocycles. The fourth-order valence-electron chi connectivity index (χ4n) is 2.81. The summed E-state index contributed by atoms with van der Waals surface area (Å²) in [7, 11) is 0. The third kappa shape index (κ3) is 2.52. The molecule has 0 unspecified atom stereocenters. The van der Waals surface area contributed by atoms with Crippen LogP contribution in [0.2, 0.25) is 0 Å². The molecule has 1 aromatic heterocycles. The number of amides is 1. The molecule has 19 heavy (non-hydrogen) atoms. The molecule has 2 aliphatic rings. The topological polar surface area (TPSA) is 69.2 Å². The van der Waals surface area contributed by atoms with Crippen LogP contribution in [0.1, 0.15) is 59.8 Å². The molecule has 1 aromatic rings. The van der Waals surface area contributed by atoms with Gasteiger partial charge < -0.3 is 10.0 Å². The molecule has 1 amide bonds. The van der Waals surface area contributed by atoms with Crippen molar-refractivity contribution in [3.63, 3.8) is 0 Å². The lowest BCUT2D eigenvalue weighted by molar-refractivity contribution is 0.0751. The maximum absolute atomic E-state index is 12.7. The number of likely N-dealkylation sites (tertiary alicyclic amines) is 1. The van der Waals surface area contributed by atoms with Gasteiger partial charge in [0, 0.05) is 24.7 Å². The summed E-state index contributed by atoms with van der Waals surface area (Å²) in [6, 6.07) is 0. The Bertz CT molecular complexity index is 479. The zero-order chi connectivity index (χ0) is 13.4. The molecule has 0 radical (unpaired) electrons. The van der Waals surface area contributed by atoms with E-state index in [0.717, 1.165) is 49.2 Å². The predicted octanol–water partition coefficient (Wildman–Crippen LogP) is 1.58. The first-order valence-electron chi connectivity index (χ1n) is 7.19. The van der Waals surface area contributed by atoms with Crippen molar-refractivity contribution in [3.8, 4) is 0 Å². The Morgan fingerprint density at radius 2 is 2.11 bits per heavy atom. The predicted molar refractivity (Wildman–Crippen MR) is 71.1 cm³/mol. The summed E-state index contributed by atoms with van der Waals surface area (Å²) >= 11 is 0. The third-order valence-corrected chi connectivity index (χ3v) is 4.14. The number of aryl methyl sites for hydroxylation is 1. The van der Waals surface area contributed by atoms with Gasteiger partial charge in [-0.25, -0.2) is 0 Å². The SMILES string of the molecule is Cc1[nH]nc(C2CC2)c1C(=O)N1CCC[C@@H](O)CC1. The normalized spacial score (nSPS) is 24.3. The largest absolute Gasteiger partial charge is 0.393 e. The van der Waals surface area contributed by atoms with Crippen molar-refractivity contribution >= 4 is 5.91 Å². The highest BCUT2D eigenvalue weighted by molar-refractivity contribution is 5.96. The number of nitrogens with zero attached hydrogens (tertiary/aromatic N) is 2. The van der Waals surface area contributed by atoms with Crippen LogP contribution in [-0.4, -0.2) is 45.3 Å². The number of carbonyl (C=O) groups is 1. The van der Waals surface area contributed by atoms with Crippen LogP contribution in [0.5, 0.6) is 0 Å². The second kappa shape index (κ2) is 4.96. The number of hydrogen-bond donors (Lipinski definition) is 2. The number of hydrogen-bond acceptors (Lipinski definition) is 3. The molecular weight excluding hydrogens is 242 g/mol. The van der Waals surface area contributed by atoms with Gasteiger partial charge in [0.05, 0.1) is 17.4 Å². The maximum atomic E-state index is 12.7. The van der Waals surface area contributed by atoms with Gasteiger partial charge in [-0.3, -0.25) is 9.89 Å². The Labute approximate surface area is 113 Å². The van der Waals surface area contributed by atoms with E-state index >= 15 is 0 Å². The summed E-state index contributed by atoms with van der Waals surface area (Å²) in [5.41, 5.74) is 2.60. The zero-order valence-electron chi connectivity index (χ0n) is 11.4. The van der Waals surface area contributed by atoms with E-state index in [-0.39, 0.29) is 12.0 Å². The van der Waals surface area contributed by atoms with E-state index in [2.05, 4.69) is 10.2 Å². The fourth-order valence-corrected chi connectivity index (χ4v) is 2.81. The van der Waals surface area contributed by atoms with Gasteiger partial charge in [0.25, 0.3) is 5.91 Å². The highest BCUT2D eigenvalue weighted by Gasteiger charge is 2.33. The van der Waals surface area contributed by atoms with Gasteiger partial charge >= 0.3 is 0 Å². The highest BCUT2D eigenvalue weighted by atomic mass is 16.3. The van der Waals surface area contributed by atoms with Crippen LogP contribution < -0.4 is 0 Å². The molecule has 3 rings (SSSR count). The summed E-state index contributed by atoms with van der Waals surface area (Å²) in [5.74, 6) is 0.559. The van der Waals surface area contributed by atoms with Crippen molar-refractivity contribution in [2.24, 2.45) is 0 Å². The van der Waals surface area contributed by atoms with E-state index in [1.165, 1.54) is 0 Å². The molecule has 0 spiro atoms. The number of H-pyrrole nitrogens is 1. The zero-order valence-corrected chi connectivity index (χ0v) is 11.4.